The Morgan fingerprint density at radius 2 is 1.81 bits per heavy atom. The molecule has 0 aliphatic carbocycles. The highest BCUT2D eigenvalue weighted by molar-refractivity contribution is 9.10. The molecule has 144 valence electrons. The van der Waals surface area contributed by atoms with Gasteiger partial charge in [-0.15, -0.1) is 0 Å². The van der Waals surface area contributed by atoms with Gasteiger partial charge in [-0.05, 0) is 42.5 Å². The molecule has 2 aromatic rings. The molecule has 0 radical (unpaired) electrons. The first-order valence-electron chi connectivity index (χ1n) is 7.85. The highest BCUT2D eigenvalue weighted by Crippen LogP contribution is 2.29. The average Bonchev–Trinajstić information content (AvgIpc) is 2.63. The van der Waals surface area contributed by atoms with Crippen molar-refractivity contribution in [3.63, 3.8) is 0 Å². The highest BCUT2D eigenvalue weighted by atomic mass is 79.9. The minimum atomic E-state index is -3.04. The first-order valence-corrected chi connectivity index (χ1v) is 8.65. The van der Waals surface area contributed by atoms with E-state index in [2.05, 4.69) is 31.3 Å². The molecule has 0 spiro atoms. The number of hydrogen-bond acceptors (Lipinski definition) is 4. The van der Waals surface area contributed by atoms with Crippen molar-refractivity contribution < 1.29 is 27.8 Å². The normalized spacial score (nSPS) is 10.4. The molecule has 2 rings (SSSR count). The Hall–Kier alpha value is -2.68. The smallest absolute Gasteiger partial charge is 0.387 e. The van der Waals surface area contributed by atoms with Gasteiger partial charge < -0.3 is 20.1 Å². The fourth-order valence-corrected chi connectivity index (χ4v) is 2.42. The van der Waals surface area contributed by atoms with E-state index in [4.69, 9.17) is 4.74 Å². The fourth-order valence-electron chi connectivity index (χ4n) is 2.15. The van der Waals surface area contributed by atoms with Gasteiger partial charge in [0.25, 0.3) is 5.91 Å². The molecular weight excluding hydrogens is 426 g/mol. The number of hydrogen-bond donors (Lipinski definition) is 2. The van der Waals surface area contributed by atoms with Crippen LogP contribution in [0.3, 0.4) is 0 Å². The summed E-state index contributed by atoms with van der Waals surface area (Å²) in [6.45, 7) is -2.96. The molecule has 0 saturated heterocycles. The summed E-state index contributed by atoms with van der Waals surface area (Å²) in [5.41, 5.74) is 0.748. The molecule has 0 saturated carbocycles. The van der Waals surface area contributed by atoms with Crippen molar-refractivity contribution in [2.24, 2.45) is 0 Å². The predicted octanol–water partition coefficient (Wildman–Crippen LogP) is 3.82. The van der Waals surface area contributed by atoms with Gasteiger partial charge in [0, 0.05) is 28.7 Å². The van der Waals surface area contributed by atoms with Crippen molar-refractivity contribution in [3.8, 4) is 11.5 Å². The lowest BCUT2D eigenvalue weighted by molar-refractivity contribution is -0.116. The Morgan fingerprint density at radius 3 is 2.44 bits per heavy atom. The fraction of sp³-hybridized carbons (Fsp3) is 0.222. The predicted molar refractivity (Wildman–Crippen MR) is 99.3 cm³/mol. The number of rotatable bonds is 8. The number of carbonyl (C=O) groups is 2. The zero-order valence-corrected chi connectivity index (χ0v) is 15.9. The Bertz CT molecular complexity index is 800. The molecule has 0 unspecified atom stereocenters. The van der Waals surface area contributed by atoms with Crippen LogP contribution in [0.5, 0.6) is 11.5 Å². The second-order valence-electron chi connectivity index (χ2n) is 5.31. The maximum atomic E-state index is 12.4. The van der Waals surface area contributed by atoms with E-state index >= 15 is 0 Å². The summed E-state index contributed by atoms with van der Waals surface area (Å²) in [6, 6.07) is 11.0. The topological polar surface area (TPSA) is 76.7 Å². The van der Waals surface area contributed by atoms with E-state index in [9.17, 15) is 18.4 Å². The third-order valence-electron chi connectivity index (χ3n) is 3.41. The number of methoxy groups -OCH3 is 1. The molecule has 0 fully saturated rings. The van der Waals surface area contributed by atoms with E-state index in [0.29, 0.717) is 5.69 Å². The summed E-state index contributed by atoms with van der Waals surface area (Å²) < 4.78 is 35.0. The average molecular weight is 443 g/mol. The molecule has 0 heterocycles. The Kier molecular flexibility index (Phi) is 7.54. The molecule has 0 aliphatic rings. The standard InChI is InChI=1S/C18H17BrF2N2O4/c1-26-14-7-2-11(10-15(14)27-18(20)21)17(25)22-9-8-16(24)23-13-5-3-12(19)4-6-13/h2-7,10,18H,8-9H2,1H3,(H,22,25)(H,23,24). The van der Waals surface area contributed by atoms with Crippen LogP contribution in [0.1, 0.15) is 16.8 Å². The zero-order chi connectivity index (χ0) is 19.8. The third-order valence-corrected chi connectivity index (χ3v) is 3.94. The van der Waals surface area contributed by atoms with Crippen LogP contribution in [0.15, 0.2) is 46.9 Å². The van der Waals surface area contributed by atoms with E-state index in [1.165, 1.54) is 19.2 Å². The summed E-state index contributed by atoms with van der Waals surface area (Å²) >= 11 is 3.30. The summed E-state index contributed by atoms with van der Waals surface area (Å²) in [4.78, 5) is 24.0. The first kappa shape index (κ1) is 20.6. The lowest BCUT2D eigenvalue weighted by Crippen LogP contribution is -2.27. The van der Waals surface area contributed by atoms with Crippen LogP contribution in [0.2, 0.25) is 0 Å². The molecule has 0 aliphatic heterocycles. The molecule has 0 aromatic heterocycles. The van der Waals surface area contributed by atoms with Crippen LogP contribution in [0, 0.1) is 0 Å². The van der Waals surface area contributed by atoms with E-state index in [1.807, 2.05) is 0 Å². The number of amides is 2. The molecule has 6 nitrogen and oxygen atoms in total. The van der Waals surface area contributed by atoms with Crippen molar-refractivity contribution in [1.29, 1.82) is 0 Å². The van der Waals surface area contributed by atoms with Crippen LogP contribution in [0.25, 0.3) is 0 Å². The van der Waals surface area contributed by atoms with Crippen molar-refractivity contribution in [1.82, 2.24) is 5.32 Å². The lowest BCUT2D eigenvalue weighted by atomic mass is 10.2. The SMILES string of the molecule is COc1ccc(C(=O)NCCC(=O)Nc2ccc(Br)cc2)cc1OC(F)F. The maximum absolute atomic E-state index is 12.4. The van der Waals surface area contributed by atoms with Crippen molar-refractivity contribution in [2.45, 2.75) is 13.0 Å². The highest BCUT2D eigenvalue weighted by Gasteiger charge is 2.14. The minimum Gasteiger partial charge on any atom is -0.493 e. The first-order chi connectivity index (χ1) is 12.9. The van der Waals surface area contributed by atoms with E-state index in [0.717, 1.165) is 10.5 Å². The van der Waals surface area contributed by atoms with E-state index in [-0.39, 0.29) is 35.9 Å². The molecule has 2 N–H and O–H groups in total. The number of ether oxygens (including phenoxy) is 2. The van der Waals surface area contributed by atoms with E-state index < -0.39 is 12.5 Å². The largest absolute Gasteiger partial charge is 0.493 e. The zero-order valence-electron chi connectivity index (χ0n) is 14.3. The van der Waals surface area contributed by atoms with Gasteiger partial charge in [-0.1, -0.05) is 15.9 Å². The summed E-state index contributed by atoms with van der Waals surface area (Å²) in [5, 5.41) is 5.25. The van der Waals surface area contributed by atoms with Gasteiger partial charge in [0.15, 0.2) is 11.5 Å². The minimum absolute atomic E-state index is 0.0539. The van der Waals surface area contributed by atoms with Gasteiger partial charge >= 0.3 is 6.61 Å². The van der Waals surface area contributed by atoms with Gasteiger partial charge in [0.2, 0.25) is 5.91 Å². The molecule has 9 heteroatoms. The van der Waals surface area contributed by atoms with Crippen LogP contribution >= 0.6 is 15.9 Å². The molecule has 27 heavy (non-hydrogen) atoms. The van der Waals surface area contributed by atoms with E-state index in [1.54, 1.807) is 24.3 Å². The van der Waals surface area contributed by atoms with Crippen molar-refractivity contribution in [3.05, 3.63) is 52.5 Å². The van der Waals surface area contributed by atoms with Gasteiger partial charge in [-0.25, -0.2) is 0 Å². The molecule has 2 aromatic carbocycles. The number of benzene rings is 2. The number of alkyl halides is 2. The second-order valence-corrected chi connectivity index (χ2v) is 6.22. The van der Waals surface area contributed by atoms with Gasteiger partial charge in [-0.2, -0.15) is 8.78 Å². The Morgan fingerprint density at radius 1 is 1.11 bits per heavy atom. The van der Waals surface area contributed by atoms with Crippen molar-refractivity contribution in [2.75, 3.05) is 19.0 Å². The maximum Gasteiger partial charge on any atom is 0.387 e. The van der Waals surface area contributed by atoms with Gasteiger partial charge in [0.1, 0.15) is 0 Å². The lowest BCUT2D eigenvalue weighted by Gasteiger charge is -2.12. The molecule has 0 bridgehead atoms. The quantitative estimate of drug-likeness (QED) is 0.651. The number of halogens is 3. The van der Waals surface area contributed by atoms with Crippen LogP contribution in [-0.4, -0.2) is 32.1 Å². The Balaban J connectivity index is 1.87. The second kappa shape index (κ2) is 9.86. The van der Waals surface area contributed by atoms with Gasteiger partial charge in [-0.3, -0.25) is 9.59 Å². The van der Waals surface area contributed by atoms with Crippen LogP contribution < -0.4 is 20.1 Å². The summed E-state index contributed by atoms with van der Waals surface area (Å²) in [7, 11) is 1.30. The number of nitrogens with one attached hydrogen (secondary N) is 2. The van der Waals surface area contributed by atoms with Crippen LogP contribution in [0.4, 0.5) is 14.5 Å². The number of carbonyl (C=O) groups excluding carboxylic acids is 2. The monoisotopic (exact) mass is 442 g/mol. The molecule has 0 atom stereocenters. The van der Waals surface area contributed by atoms with Crippen LogP contribution in [-0.2, 0) is 4.79 Å². The molecular formula is C18H17BrF2N2O4. The van der Waals surface area contributed by atoms with Gasteiger partial charge in [0.05, 0.1) is 7.11 Å². The summed E-state index contributed by atoms with van der Waals surface area (Å²) in [6.07, 6.45) is 0.0539. The van der Waals surface area contributed by atoms with Crippen molar-refractivity contribution >= 4 is 33.4 Å². The third kappa shape index (κ3) is 6.52. The Labute approximate surface area is 163 Å². The summed E-state index contributed by atoms with van der Waals surface area (Å²) in [5.74, 6) is -0.948. The molecule has 2 amide bonds. The number of anilines is 1.